The first kappa shape index (κ1) is 26.0. The first-order valence-corrected chi connectivity index (χ1v) is 16.7. The molecule has 10 aromatic rings. The molecule has 0 saturated carbocycles. The van der Waals surface area contributed by atoms with E-state index in [0.717, 1.165) is 46.3 Å². The van der Waals surface area contributed by atoms with Crippen molar-refractivity contribution in [1.82, 2.24) is 0 Å². The summed E-state index contributed by atoms with van der Waals surface area (Å²) in [7, 11) is 0. The molecule has 2 aromatic heterocycles. The standard InChI is InChI=1S/C46H28O2/c1-2-12-29-27(11-1)25-37(31-14-4-3-13-30(29)31)44-34-17-7-5-15-32(34)43(33-16-6-8-18-35(33)44)28-21-22-40-38(26-28)46-42(48-40)24-23-41-45(46)36-19-9-10-20-39(36)47-41/h1-22,25-26H,23-24H2. The Morgan fingerprint density at radius 3 is 1.52 bits per heavy atom. The van der Waals surface area contributed by atoms with Crippen LogP contribution in [0.15, 0.2) is 154 Å². The summed E-state index contributed by atoms with van der Waals surface area (Å²) in [6.45, 7) is 0. The van der Waals surface area contributed by atoms with Crippen LogP contribution in [0.5, 0.6) is 0 Å². The fraction of sp³-hybridized carbons (Fsp3) is 0.0435. The maximum absolute atomic E-state index is 6.54. The van der Waals surface area contributed by atoms with Gasteiger partial charge >= 0.3 is 0 Å². The fourth-order valence-electron chi connectivity index (χ4n) is 8.52. The summed E-state index contributed by atoms with van der Waals surface area (Å²) in [6.07, 6.45) is 1.69. The van der Waals surface area contributed by atoms with Crippen LogP contribution >= 0.6 is 0 Å². The van der Waals surface area contributed by atoms with Crippen molar-refractivity contribution in [3.63, 3.8) is 0 Å². The predicted octanol–water partition coefficient (Wildman–Crippen LogP) is 12.9. The zero-order valence-corrected chi connectivity index (χ0v) is 26.1. The molecule has 1 aliphatic rings. The van der Waals surface area contributed by atoms with E-state index in [4.69, 9.17) is 8.83 Å². The van der Waals surface area contributed by atoms with Crippen molar-refractivity contribution in [2.45, 2.75) is 12.8 Å². The second-order valence-electron chi connectivity index (χ2n) is 13.0. The van der Waals surface area contributed by atoms with Crippen LogP contribution in [0.4, 0.5) is 0 Å². The maximum Gasteiger partial charge on any atom is 0.134 e. The van der Waals surface area contributed by atoms with Crippen molar-refractivity contribution >= 4 is 65.0 Å². The summed E-state index contributed by atoms with van der Waals surface area (Å²) >= 11 is 0. The highest BCUT2D eigenvalue weighted by Crippen LogP contribution is 2.49. The van der Waals surface area contributed by atoms with E-state index in [9.17, 15) is 0 Å². The molecule has 0 unspecified atom stereocenters. The molecule has 0 N–H and O–H groups in total. The topological polar surface area (TPSA) is 26.3 Å². The normalized spacial score (nSPS) is 12.8. The van der Waals surface area contributed by atoms with Gasteiger partial charge in [-0.25, -0.2) is 0 Å². The molecule has 0 atom stereocenters. The first-order valence-electron chi connectivity index (χ1n) is 16.7. The zero-order valence-electron chi connectivity index (χ0n) is 26.1. The van der Waals surface area contributed by atoms with Crippen molar-refractivity contribution < 1.29 is 8.83 Å². The van der Waals surface area contributed by atoms with Gasteiger partial charge in [0.15, 0.2) is 0 Å². The van der Waals surface area contributed by atoms with E-state index in [-0.39, 0.29) is 0 Å². The van der Waals surface area contributed by atoms with E-state index in [1.54, 1.807) is 0 Å². The SMILES string of the molecule is c1ccc2c(c1)cc(-c1c3ccccc3c(-c3ccc4oc5c(c4c3)-c3c(oc4ccccc34)CC5)c3ccccc13)c1ccccc12. The molecule has 0 radical (unpaired) electrons. The van der Waals surface area contributed by atoms with E-state index in [0.29, 0.717) is 0 Å². The van der Waals surface area contributed by atoms with Crippen LogP contribution in [-0.4, -0.2) is 0 Å². The lowest BCUT2D eigenvalue weighted by Gasteiger charge is -2.19. The van der Waals surface area contributed by atoms with Gasteiger partial charge in [0, 0.05) is 34.7 Å². The summed E-state index contributed by atoms with van der Waals surface area (Å²) in [5.74, 6) is 2.11. The Bertz CT molecular complexity index is 2900. The van der Waals surface area contributed by atoms with Crippen LogP contribution in [0, 0.1) is 0 Å². The van der Waals surface area contributed by atoms with Crippen LogP contribution < -0.4 is 0 Å². The lowest BCUT2D eigenvalue weighted by Crippen LogP contribution is -1.98. The molecule has 224 valence electrons. The molecule has 2 heterocycles. The third-order valence-electron chi connectivity index (χ3n) is 10.5. The fourth-order valence-corrected chi connectivity index (χ4v) is 8.52. The van der Waals surface area contributed by atoms with Gasteiger partial charge in [-0.2, -0.15) is 0 Å². The van der Waals surface area contributed by atoms with Crippen LogP contribution in [0.2, 0.25) is 0 Å². The molecule has 0 fully saturated rings. The largest absolute Gasteiger partial charge is 0.460 e. The number of benzene rings is 8. The van der Waals surface area contributed by atoms with Crippen molar-refractivity contribution in [3.05, 3.63) is 157 Å². The molecular weight excluding hydrogens is 585 g/mol. The minimum Gasteiger partial charge on any atom is -0.460 e. The van der Waals surface area contributed by atoms with Crippen LogP contribution in [0.25, 0.3) is 98.4 Å². The monoisotopic (exact) mass is 612 g/mol. The molecular formula is C46H28O2. The number of rotatable bonds is 2. The minimum absolute atomic E-state index is 0.840. The van der Waals surface area contributed by atoms with E-state index in [1.165, 1.54) is 76.5 Å². The molecule has 2 nitrogen and oxygen atoms in total. The second kappa shape index (κ2) is 9.70. The van der Waals surface area contributed by atoms with E-state index < -0.39 is 0 Å². The van der Waals surface area contributed by atoms with Gasteiger partial charge in [0.25, 0.3) is 0 Å². The highest BCUT2D eigenvalue weighted by Gasteiger charge is 2.29. The molecule has 1 aliphatic carbocycles. The third-order valence-corrected chi connectivity index (χ3v) is 10.5. The number of aryl methyl sites for hydroxylation is 2. The number of para-hydroxylation sites is 1. The van der Waals surface area contributed by atoms with Crippen LogP contribution in [-0.2, 0) is 12.8 Å². The average molecular weight is 613 g/mol. The highest BCUT2D eigenvalue weighted by molar-refractivity contribution is 6.26. The summed E-state index contributed by atoms with van der Waals surface area (Å²) in [4.78, 5) is 0. The Kier molecular flexibility index (Phi) is 5.25. The van der Waals surface area contributed by atoms with Gasteiger partial charge in [-0.3, -0.25) is 0 Å². The average Bonchev–Trinajstić information content (AvgIpc) is 3.71. The Balaban J connectivity index is 1.23. The van der Waals surface area contributed by atoms with Crippen LogP contribution in [0.1, 0.15) is 11.5 Å². The van der Waals surface area contributed by atoms with Gasteiger partial charge in [-0.1, -0.05) is 121 Å². The molecule has 0 spiro atoms. The summed E-state index contributed by atoms with van der Waals surface area (Å²) in [5, 5.41) is 12.4. The van der Waals surface area contributed by atoms with Crippen molar-refractivity contribution in [2.75, 3.05) is 0 Å². The summed E-state index contributed by atoms with van der Waals surface area (Å²) < 4.78 is 12.9. The lowest BCUT2D eigenvalue weighted by atomic mass is 9.83. The van der Waals surface area contributed by atoms with Gasteiger partial charge in [-0.15, -0.1) is 0 Å². The Labute approximate surface area is 276 Å². The van der Waals surface area contributed by atoms with Crippen LogP contribution in [0.3, 0.4) is 0 Å². The Hall–Kier alpha value is -6.12. The molecule has 11 rings (SSSR count). The second-order valence-corrected chi connectivity index (χ2v) is 13.0. The number of furan rings is 2. The molecule has 48 heavy (non-hydrogen) atoms. The summed E-state index contributed by atoms with van der Waals surface area (Å²) in [5.41, 5.74) is 9.23. The molecule has 2 heteroatoms. The highest BCUT2D eigenvalue weighted by atomic mass is 16.3. The van der Waals surface area contributed by atoms with Crippen molar-refractivity contribution in [3.8, 4) is 33.4 Å². The van der Waals surface area contributed by atoms with Gasteiger partial charge in [0.05, 0.1) is 0 Å². The predicted molar refractivity (Wildman–Crippen MR) is 200 cm³/mol. The number of hydrogen-bond acceptors (Lipinski definition) is 2. The van der Waals surface area contributed by atoms with Gasteiger partial charge in [-0.05, 0) is 89.6 Å². The smallest absolute Gasteiger partial charge is 0.134 e. The van der Waals surface area contributed by atoms with Gasteiger partial charge in [0.2, 0.25) is 0 Å². The zero-order chi connectivity index (χ0) is 31.3. The maximum atomic E-state index is 6.54. The van der Waals surface area contributed by atoms with Gasteiger partial charge < -0.3 is 8.83 Å². The van der Waals surface area contributed by atoms with E-state index in [2.05, 4.69) is 140 Å². The Morgan fingerprint density at radius 2 is 0.833 bits per heavy atom. The lowest BCUT2D eigenvalue weighted by molar-refractivity contribution is 0.504. The van der Waals surface area contributed by atoms with E-state index >= 15 is 0 Å². The molecule has 0 amide bonds. The quantitative estimate of drug-likeness (QED) is 0.143. The Morgan fingerprint density at radius 1 is 0.333 bits per heavy atom. The third kappa shape index (κ3) is 3.52. The number of fused-ring (bicyclic) bond motifs is 12. The van der Waals surface area contributed by atoms with E-state index in [1.807, 2.05) is 6.07 Å². The molecule has 0 aliphatic heterocycles. The van der Waals surface area contributed by atoms with Gasteiger partial charge in [0.1, 0.15) is 22.7 Å². The molecule has 8 aromatic carbocycles. The minimum atomic E-state index is 0.840. The first-order chi connectivity index (χ1) is 23.8. The van der Waals surface area contributed by atoms with Crippen molar-refractivity contribution in [1.29, 1.82) is 0 Å². The number of hydrogen-bond donors (Lipinski definition) is 0. The summed E-state index contributed by atoms with van der Waals surface area (Å²) in [6, 6.07) is 53.0. The molecule has 0 bridgehead atoms. The van der Waals surface area contributed by atoms with Crippen molar-refractivity contribution in [2.24, 2.45) is 0 Å². The molecule has 0 saturated heterocycles.